The van der Waals surface area contributed by atoms with E-state index in [1.54, 1.807) is 6.26 Å². The summed E-state index contributed by atoms with van der Waals surface area (Å²) in [7, 11) is 0. The van der Waals surface area contributed by atoms with Gasteiger partial charge in [0.05, 0.1) is 12.3 Å². The first kappa shape index (κ1) is 12.2. The Hall–Kier alpha value is -1.25. The van der Waals surface area contributed by atoms with E-state index in [1.807, 2.05) is 39.0 Å². The van der Waals surface area contributed by atoms with Crippen molar-refractivity contribution in [2.24, 2.45) is 5.73 Å². The summed E-state index contributed by atoms with van der Waals surface area (Å²) in [4.78, 5) is 0. The van der Waals surface area contributed by atoms with Gasteiger partial charge >= 0.3 is 0 Å². The normalized spacial score (nSPS) is 12.8. The number of rotatable bonds is 2. The van der Waals surface area contributed by atoms with Gasteiger partial charge in [0.2, 0.25) is 0 Å². The van der Waals surface area contributed by atoms with Gasteiger partial charge in [-0.15, -0.1) is 0 Å². The number of nitrogens with two attached hydrogens (primary N) is 1. The molecule has 0 bridgehead atoms. The highest BCUT2D eigenvalue weighted by Crippen LogP contribution is 2.29. The van der Waals surface area contributed by atoms with E-state index < -0.39 is 0 Å². The molecule has 3 heteroatoms. The van der Waals surface area contributed by atoms with Crippen LogP contribution in [0.1, 0.15) is 34.1 Å². The molecule has 1 atom stereocenters. The first-order valence-electron chi connectivity index (χ1n) is 5.57. The van der Waals surface area contributed by atoms with Gasteiger partial charge in [-0.3, -0.25) is 0 Å². The number of halogens is 1. The van der Waals surface area contributed by atoms with Gasteiger partial charge in [0.1, 0.15) is 5.76 Å². The highest BCUT2D eigenvalue weighted by Gasteiger charge is 2.17. The van der Waals surface area contributed by atoms with E-state index >= 15 is 0 Å². The molecule has 1 heterocycles. The molecule has 0 fully saturated rings. The van der Waals surface area contributed by atoms with Crippen molar-refractivity contribution in [3.63, 3.8) is 0 Å². The summed E-state index contributed by atoms with van der Waals surface area (Å²) in [6, 6.07) is 5.67. The Morgan fingerprint density at radius 2 is 1.82 bits per heavy atom. The molecule has 0 spiro atoms. The lowest BCUT2D eigenvalue weighted by atomic mass is 9.96. The predicted octanol–water partition coefficient (Wildman–Crippen LogP) is 3.91. The van der Waals surface area contributed by atoms with Crippen LogP contribution in [0.4, 0.5) is 0 Å². The molecule has 0 aliphatic heterocycles. The molecular formula is C14H16ClNO. The second-order valence-electron chi connectivity index (χ2n) is 4.40. The summed E-state index contributed by atoms with van der Waals surface area (Å²) in [5.74, 6) is 0.815. The molecule has 2 aromatic rings. The monoisotopic (exact) mass is 249 g/mol. The molecule has 0 saturated carbocycles. The van der Waals surface area contributed by atoms with E-state index in [1.165, 1.54) is 0 Å². The van der Waals surface area contributed by atoms with Crippen LogP contribution in [0, 0.1) is 20.8 Å². The molecule has 17 heavy (non-hydrogen) atoms. The van der Waals surface area contributed by atoms with E-state index in [4.69, 9.17) is 21.8 Å². The zero-order valence-corrected chi connectivity index (χ0v) is 11.0. The van der Waals surface area contributed by atoms with Crippen molar-refractivity contribution in [1.82, 2.24) is 0 Å². The molecule has 0 aliphatic carbocycles. The Bertz CT molecular complexity index is 545. The van der Waals surface area contributed by atoms with Crippen LogP contribution in [-0.4, -0.2) is 0 Å². The van der Waals surface area contributed by atoms with E-state index in [0.717, 1.165) is 33.0 Å². The maximum Gasteiger partial charge on any atom is 0.127 e. The third-order valence-electron chi connectivity index (χ3n) is 3.07. The number of aryl methyl sites for hydroxylation is 3. The van der Waals surface area contributed by atoms with Crippen LogP contribution in [0.5, 0.6) is 0 Å². The summed E-state index contributed by atoms with van der Waals surface area (Å²) >= 11 is 6.08. The van der Waals surface area contributed by atoms with E-state index in [0.29, 0.717) is 0 Å². The smallest absolute Gasteiger partial charge is 0.127 e. The lowest BCUT2D eigenvalue weighted by Crippen LogP contribution is -2.13. The quantitative estimate of drug-likeness (QED) is 0.877. The van der Waals surface area contributed by atoms with Gasteiger partial charge in [0.25, 0.3) is 0 Å². The minimum absolute atomic E-state index is 0.235. The lowest BCUT2D eigenvalue weighted by Gasteiger charge is -2.15. The van der Waals surface area contributed by atoms with Gasteiger partial charge in [-0.2, -0.15) is 0 Å². The molecule has 1 aromatic heterocycles. The summed E-state index contributed by atoms with van der Waals surface area (Å²) in [5.41, 5.74) is 10.5. The van der Waals surface area contributed by atoms with Crippen LogP contribution in [0.15, 0.2) is 28.9 Å². The highest BCUT2D eigenvalue weighted by molar-refractivity contribution is 6.31. The summed E-state index contributed by atoms with van der Waals surface area (Å²) in [6.07, 6.45) is 1.67. The van der Waals surface area contributed by atoms with E-state index in [2.05, 4.69) is 0 Å². The first-order valence-corrected chi connectivity index (χ1v) is 5.94. The van der Waals surface area contributed by atoms with E-state index in [9.17, 15) is 0 Å². The standard InChI is InChI=1S/C14H16ClNO/c1-8-4-5-17-14(8)13(16)11-6-10(3)12(15)7-9(11)2/h4-7,13H,16H2,1-3H3. The van der Waals surface area contributed by atoms with Gasteiger partial charge < -0.3 is 10.2 Å². The SMILES string of the molecule is Cc1cc(C(N)c2occc2C)c(C)cc1Cl. The van der Waals surface area contributed by atoms with Gasteiger partial charge in [-0.05, 0) is 55.2 Å². The Morgan fingerprint density at radius 3 is 2.41 bits per heavy atom. The molecule has 1 aromatic carbocycles. The van der Waals surface area contributed by atoms with Crippen molar-refractivity contribution in [3.05, 3.63) is 57.5 Å². The van der Waals surface area contributed by atoms with E-state index in [-0.39, 0.29) is 6.04 Å². The van der Waals surface area contributed by atoms with Gasteiger partial charge in [-0.25, -0.2) is 0 Å². The van der Waals surface area contributed by atoms with Gasteiger partial charge in [-0.1, -0.05) is 17.7 Å². The topological polar surface area (TPSA) is 39.2 Å². The maximum atomic E-state index is 6.24. The summed E-state index contributed by atoms with van der Waals surface area (Å²) in [6.45, 7) is 5.99. The summed E-state index contributed by atoms with van der Waals surface area (Å²) < 4.78 is 5.45. The van der Waals surface area contributed by atoms with Crippen LogP contribution in [0.25, 0.3) is 0 Å². The minimum atomic E-state index is -0.235. The lowest BCUT2D eigenvalue weighted by molar-refractivity contribution is 0.486. The Morgan fingerprint density at radius 1 is 1.12 bits per heavy atom. The van der Waals surface area contributed by atoms with Crippen LogP contribution in [0.2, 0.25) is 5.02 Å². The first-order chi connectivity index (χ1) is 8.00. The Kier molecular flexibility index (Phi) is 3.27. The van der Waals surface area contributed by atoms with Gasteiger partial charge in [0, 0.05) is 5.02 Å². The number of furan rings is 1. The molecule has 2 rings (SSSR count). The van der Waals surface area contributed by atoms with Crippen LogP contribution in [0.3, 0.4) is 0 Å². The van der Waals surface area contributed by atoms with Crippen molar-refractivity contribution >= 4 is 11.6 Å². The molecule has 2 nitrogen and oxygen atoms in total. The number of hydrogen-bond donors (Lipinski definition) is 1. The van der Waals surface area contributed by atoms with Crippen molar-refractivity contribution < 1.29 is 4.42 Å². The van der Waals surface area contributed by atoms with Gasteiger partial charge in [0.15, 0.2) is 0 Å². The zero-order chi connectivity index (χ0) is 12.6. The third kappa shape index (κ3) is 2.24. The maximum absolute atomic E-state index is 6.24. The zero-order valence-electron chi connectivity index (χ0n) is 10.3. The summed E-state index contributed by atoms with van der Waals surface area (Å²) in [5, 5.41) is 0.773. The molecule has 0 aliphatic rings. The van der Waals surface area contributed by atoms with Crippen LogP contribution < -0.4 is 5.73 Å². The Balaban J connectivity index is 2.48. The second kappa shape index (κ2) is 4.55. The fourth-order valence-electron chi connectivity index (χ4n) is 1.98. The fraction of sp³-hybridized carbons (Fsp3) is 0.286. The minimum Gasteiger partial charge on any atom is -0.467 e. The predicted molar refractivity (Wildman–Crippen MR) is 70.4 cm³/mol. The van der Waals surface area contributed by atoms with Crippen molar-refractivity contribution in [3.8, 4) is 0 Å². The number of benzene rings is 1. The number of hydrogen-bond acceptors (Lipinski definition) is 2. The van der Waals surface area contributed by atoms with Crippen molar-refractivity contribution in [1.29, 1.82) is 0 Å². The molecule has 90 valence electrons. The average molecular weight is 250 g/mol. The molecule has 0 radical (unpaired) electrons. The Labute approximate surface area is 106 Å². The second-order valence-corrected chi connectivity index (χ2v) is 4.81. The molecule has 2 N–H and O–H groups in total. The highest BCUT2D eigenvalue weighted by atomic mass is 35.5. The van der Waals surface area contributed by atoms with Crippen LogP contribution >= 0.6 is 11.6 Å². The largest absolute Gasteiger partial charge is 0.467 e. The third-order valence-corrected chi connectivity index (χ3v) is 3.47. The molecule has 0 saturated heterocycles. The van der Waals surface area contributed by atoms with Crippen molar-refractivity contribution in [2.75, 3.05) is 0 Å². The van der Waals surface area contributed by atoms with Crippen molar-refractivity contribution in [2.45, 2.75) is 26.8 Å². The average Bonchev–Trinajstić information content (AvgIpc) is 2.69. The molecule has 1 unspecified atom stereocenters. The van der Waals surface area contributed by atoms with Crippen LogP contribution in [-0.2, 0) is 0 Å². The molecule has 0 amide bonds. The molecular weight excluding hydrogens is 234 g/mol. The fourth-order valence-corrected chi connectivity index (χ4v) is 2.20.